The van der Waals surface area contributed by atoms with Gasteiger partial charge in [0.1, 0.15) is 5.83 Å². The van der Waals surface area contributed by atoms with E-state index in [0.717, 1.165) is 6.42 Å². The van der Waals surface area contributed by atoms with Gasteiger partial charge in [0.2, 0.25) is 0 Å². The number of halogens is 1. The van der Waals surface area contributed by atoms with Gasteiger partial charge in [-0.25, -0.2) is 4.39 Å². The maximum absolute atomic E-state index is 12.4. The summed E-state index contributed by atoms with van der Waals surface area (Å²) in [5.41, 5.74) is 1.19. The fraction of sp³-hybridized carbons (Fsp3) is 0.250. The standard InChI is InChI=1S/C8H9F/c1-7-3-2-4-8(9)6-5-7/h2-4,6H,5H2,1H3. The highest BCUT2D eigenvalue weighted by molar-refractivity contribution is 5.25. The first kappa shape index (κ1) is 6.27. The van der Waals surface area contributed by atoms with E-state index in [9.17, 15) is 4.39 Å². The van der Waals surface area contributed by atoms with E-state index in [2.05, 4.69) is 0 Å². The van der Waals surface area contributed by atoms with Gasteiger partial charge in [0.05, 0.1) is 0 Å². The number of hydrogen-bond donors (Lipinski definition) is 0. The summed E-state index contributed by atoms with van der Waals surface area (Å²) in [5, 5.41) is 0. The average molecular weight is 124 g/mol. The van der Waals surface area contributed by atoms with E-state index in [1.165, 1.54) is 11.6 Å². The molecule has 0 bridgehead atoms. The molecule has 1 rings (SSSR count). The minimum absolute atomic E-state index is 0.136. The third-order valence-electron chi connectivity index (χ3n) is 1.26. The molecule has 0 saturated heterocycles. The van der Waals surface area contributed by atoms with Gasteiger partial charge in [-0.3, -0.25) is 0 Å². The molecule has 0 aliphatic heterocycles. The maximum atomic E-state index is 12.4. The van der Waals surface area contributed by atoms with E-state index in [-0.39, 0.29) is 5.83 Å². The molecule has 0 saturated carbocycles. The van der Waals surface area contributed by atoms with Gasteiger partial charge >= 0.3 is 0 Å². The summed E-state index contributed by atoms with van der Waals surface area (Å²) in [6, 6.07) is 0. The highest BCUT2D eigenvalue weighted by Crippen LogP contribution is 2.10. The van der Waals surface area contributed by atoms with E-state index in [1.807, 2.05) is 13.0 Å². The van der Waals surface area contributed by atoms with Crippen molar-refractivity contribution in [2.75, 3.05) is 0 Å². The van der Waals surface area contributed by atoms with Crippen molar-refractivity contribution in [3.8, 4) is 0 Å². The maximum Gasteiger partial charge on any atom is 0.119 e. The van der Waals surface area contributed by atoms with Crippen molar-refractivity contribution >= 4 is 0 Å². The molecule has 0 heterocycles. The van der Waals surface area contributed by atoms with Gasteiger partial charge in [-0.2, -0.15) is 0 Å². The predicted molar refractivity (Wildman–Crippen MR) is 36.7 cm³/mol. The minimum atomic E-state index is -0.136. The Labute approximate surface area is 54.4 Å². The molecule has 1 heteroatoms. The Kier molecular flexibility index (Phi) is 1.83. The van der Waals surface area contributed by atoms with Crippen molar-refractivity contribution in [2.45, 2.75) is 13.3 Å². The zero-order chi connectivity index (χ0) is 6.69. The molecule has 48 valence electrons. The number of hydrogen-bond acceptors (Lipinski definition) is 0. The summed E-state index contributed by atoms with van der Waals surface area (Å²) >= 11 is 0. The lowest BCUT2D eigenvalue weighted by Gasteiger charge is -1.87. The molecule has 1 aliphatic rings. The largest absolute Gasteiger partial charge is 0.207 e. The molecule has 0 unspecified atom stereocenters. The summed E-state index contributed by atoms with van der Waals surface area (Å²) in [6.07, 6.45) is 7.43. The van der Waals surface area contributed by atoms with Gasteiger partial charge < -0.3 is 0 Å². The molecule has 0 amide bonds. The monoisotopic (exact) mass is 124 g/mol. The van der Waals surface area contributed by atoms with Gasteiger partial charge in [-0.15, -0.1) is 0 Å². The molecule has 0 aromatic heterocycles. The van der Waals surface area contributed by atoms with E-state index in [0.29, 0.717) is 0 Å². The van der Waals surface area contributed by atoms with Crippen LogP contribution in [0, 0.1) is 0 Å². The first-order valence-electron chi connectivity index (χ1n) is 2.98. The van der Waals surface area contributed by atoms with Crippen LogP contribution in [-0.2, 0) is 0 Å². The Balaban J connectivity index is 2.75. The Morgan fingerprint density at radius 1 is 1.56 bits per heavy atom. The van der Waals surface area contributed by atoms with E-state index < -0.39 is 0 Å². The molecule has 0 N–H and O–H groups in total. The van der Waals surface area contributed by atoms with Crippen LogP contribution in [0.3, 0.4) is 0 Å². The molecular formula is C8H9F. The molecule has 1 aliphatic carbocycles. The number of allylic oxidation sites excluding steroid dienone is 6. The topological polar surface area (TPSA) is 0 Å². The second kappa shape index (κ2) is 2.62. The molecule has 9 heavy (non-hydrogen) atoms. The van der Waals surface area contributed by atoms with Crippen molar-refractivity contribution in [2.24, 2.45) is 0 Å². The molecule has 0 aromatic carbocycles. The molecule has 0 atom stereocenters. The Bertz CT molecular complexity index is 182. The molecule has 0 nitrogen and oxygen atoms in total. The van der Waals surface area contributed by atoms with Crippen LogP contribution >= 0.6 is 0 Å². The van der Waals surface area contributed by atoms with Crippen molar-refractivity contribution < 1.29 is 4.39 Å². The highest BCUT2D eigenvalue weighted by atomic mass is 19.1. The summed E-state index contributed by atoms with van der Waals surface area (Å²) in [7, 11) is 0. The van der Waals surface area contributed by atoms with Gasteiger partial charge in [-0.1, -0.05) is 17.7 Å². The van der Waals surface area contributed by atoms with Crippen LogP contribution in [0.15, 0.2) is 35.7 Å². The second-order valence-corrected chi connectivity index (χ2v) is 2.17. The second-order valence-electron chi connectivity index (χ2n) is 2.17. The lowest BCUT2D eigenvalue weighted by atomic mass is 10.2. The van der Waals surface area contributed by atoms with Crippen LogP contribution in [0.4, 0.5) is 4.39 Å². The van der Waals surface area contributed by atoms with Crippen LogP contribution in [0.1, 0.15) is 13.3 Å². The predicted octanol–water partition coefficient (Wildman–Crippen LogP) is 2.75. The quantitative estimate of drug-likeness (QED) is 0.465. The Morgan fingerprint density at radius 3 is 3.11 bits per heavy atom. The third-order valence-corrected chi connectivity index (χ3v) is 1.26. The van der Waals surface area contributed by atoms with Crippen molar-refractivity contribution in [3.63, 3.8) is 0 Å². The SMILES string of the molecule is CC1=CC=CC(F)=CC1. The zero-order valence-corrected chi connectivity index (χ0v) is 5.39. The van der Waals surface area contributed by atoms with Crippen molar-refractivity contribution in [1.29, 1.82) is 0 Å². The minimum Gasteiger partial charge on any atom is -0.207 e. The highest BCUT2D eigenvalue weighted by Gasteiger charge is 1.91. The van der Waals surface area contributed by atoms with Gasteiger partial charge in [0.25, 0.3) is 0 Å². The van der Waals surface area contributed by atoms with Gasteiger partial charge in [-0.05, 0) is 25.5 Å². The molecule has 0 radical (unpaired) electrons. The molecule has 0 aromatic rings. The summed E-state index contributed by atoms with van der Waals surface area (Å²) < 4.78 is 12.4. The fourth-order valence-corrected chi connectivity index (χ4v) is 0.699. The van der Waals surface area contributed by atoms with Gasteiger partial charge in [0.15, 0.2) is 0 Å². The van der Waals surface area contributed by atoms with Gasteiger partial charge in [0, 0.05) is 0 Å². The van der Waals surface area contributed by atoms with Crippen molar-refractivity contribution in [3.05, 3.63) is 35.7 Å². The van der Waals surface area contributed by atoms with Crippen LogP contribution in [0.5, 0.6) is 0 Å². The smallest absolute Gasteiger partial charge is 0.119 e. The first-order valence-corrected chi connectivity index (χ1v) is 2.98. The lowest BCUT2D eigenvalue weighted by Crippen LogP contribution is -1.68. The van der Waals surface area contributed by atoms with Crippen LogP contribution in [0.2, 0.25) is 0 Å². The third kappa shape index (κ3) is 1.84. The number of rotatable bonds is 0. The average Bonchev–Trinajstić information content (AvgIpc) is 1.97. The lowest BCUT2D eigenvalue weighted by molar-refractivity contribution is 0.663. The Morgan fingerprint density at radius 2 is 2.33 bits per heavy atom. The zero-order valence-electron chi connectivity index (χ0n) is 5.39. The summed E-state index contributed by atoms with van der Waals surface area (Å²) in [4.78, 5) is 0. The van der Waals surface area contributed by atoms with E-state index in [1.54, 1.807) is 12.2 Å². The molecule has 0 spiro atoms. The van der Waals surface area contributed by atoms with Crippen LogP contribution in [0.25, 0.3) is 0 Å². The normalized spacial score (nSPS) is 18.4. The van der Waals surface area contributed by atoms with Crippen LogP contribution in [-0.4, -0.2) is 0 Å². The summed E-state index contributed by atoms with van der Waals surface area (Å²) in [5.74, 6) is -0.136. The fourth-order valence-electron chi connectivity index (χ4n) is 0.699. The van der Waals surface area contributed by atoms with Crippen LogP contribution < -0.4 is 0 Å². The Hall–Kier alpha value is -0.850. The van der Waals surface area contributed by atoms with Crippen molar-refractivity contribution in [1.82, 2.24) is 0 Å². The van der Waals surface area contributed by atoms with E-state index in [4.69, 9.17) is 0 Å². The molecule has 0 fully saturated rings. The first-order chi connectivity index (χ1) is 4.29. The van der Waals surface area contributed by atoms with E-state index >= 15 is 0 Å². The molecular weight excluding hydrogens is 115 g/mol. The summed E-state index contributed by atoms with van der Waals surface area (Å²) in [6.45, 7) is 1.99.